The molecule has 8 nitrogen and oxygen atoms in total. The molecule has 0 aromatic heterocycles. The van der Waals surface area contributed by atoms with Crippen molar-refractivity contribution in [2.75, 3.05) is 12.0 Å². The third kappa shape index (κ3) is 4.55. The number of nitro benzene ring substituents is 1. The Morgan fingerprint density at radius 2 is 1.64 bits per heavy atom. The van der Waals surface area contributed by atoms with Crippen molar-refractivity contribution in [1.82, 2.24) is 0 Å². The van der Waals surface area contributed by atoms with E-state index in [2.05, 4.69) is 0 Å². The van der Waals surface area contributed by atoms with Gasteiger partial charge in [-0.1, -0.05) is 42.0 Å². The second-order valence-corrected chi connectivity index (χ2v) is 7.77. The van der Waals surface area contributed by atoms with Crippen LogP contribution in [0.1, 0.15) is 22.7 Å². The van der Waals surface area contributed by atoms with Crippen molar-refractivity contribution in [3.05, 3.63) is 99.6 Å². The summed E-state index contributed by atoms with van der Waals surface area (Å²) >= 11 is 0. The summed E-state index contributed by atoms with van der Waals surface area (Å²) in [7, 11) is 1.57. The molecule has 2 atom stereocenters. The first-order chi connectivity index (χ1) is 15.9. The molecule has 33 heavy (non-hydrogen) atoms. The maximum absolute atomic E-state index is 13.0. The highest BCUT2D eigenvalue weighted by Crippen LogP contribution is 2.41. The minimum absolute atomic E-state index is 0.0606. The van der Waals surface area contributed by atoms with Crippen LogP contribution in [0.25, 0.3) is 0 Å². The van der Waals surface area contributed by atoms with Crippen molar-refractivity contribution in [2.45, 2.75) is 25.5 Å². The third-order valence-corrected chi connectivity index (χ3v) is 5.57. The Kier molecular flexibility index (Phi) is 6.08. The maximum Gasteiger partial charge on any atom is 0.311 e. The first-order valence-electron chi connectivity index (χ1n) is 10.3. The van der Waals surface area contributed by atoms with Crippen LogP contribution >= 0.6 is 0 Å². The smallest absolute Gasteiger partial charge is 0.311 e. The number of carbonyl (C=O) groups is 2. The molecule has 1 aliphatic rings. The van der Waals surface area contributed by atoms with Gasteiger partial charge in [0.25, 0.3) is 11.6 Å². The summed E-state index contributed by atoms with van der Waals surface area (Å²) < 4.78 is 10.8. The first kappa shape index (κ1) is 22.0. The van der Waals surface area contributed by atoms with E-state index in [1.54, 1.807) is 24.1 Å². The number of hydrogen-bond acceptors (Lipinski definition) is 6. The molecule has 1 heterocycles. The highest BCUT2D eigenvalue weighted by molar-refractivity contribution is 6.06. The number of amides is 1. The van der Waals surface area contributed by atoms with Crippen molar-refractivity contribution in [3.63, 3.8) is 0 Å². The van der Waals surface area contributed by atoms with E-state index in [0.717, 1.165) is 11.1 Å². The van der Waals surface area contributed by atoms with Gasteiger partial charge in [0.05, 0.1) is 18.5 Å². The second kappa shape index (κ2) is 9.12. The van der Waals surface area contributed by atoms with Gasteiger partial charge in [0, 0.05) is 17.8 Å². The highest BCUT2D eigenvalue weighted by Gasteiger charge is 2.51. The van der Waals surface area contributed by atoms with Crippen molar-refractivity contribution in [2.24, 2.45) is 0 Å². The van der Waals surface area contributed by atoms with Gasteiger partial charge >= 0.3 is 5.97 Å². The number of non-ortho nitro benzene ring substituents is 1. The molecule has 3 aromatic rings. The van der Waals surface area contributed by atoms with Gasteiger partial charge < -0.3 is 9.47 Å². The number of methoxy groups -OCH3 is 1. The van der Waals surface area contributed by atoms with Crippen LogP contribution in [0.3, 0.4) is 0 Å². The molecule has 1 saturated heterocycles. The van der Waals surface area contributed by atoms with Gasteiger partial charge in [-0.2, -0.15) is 0 Å². The molecule has 168 valence electrons. The average molecular weight is 446 g/mol. The van der Waals surface area contributed by atoms with E-state index in [4.69, 9.17) is 9.47 Å². The summed E-state index contributed by atoms with van der Waals surface area (Å²) in [5.74, 6) is -0.209. The van der Waals surface area contributed by atoms with Crippen LogP contribution in [0.15, 0.2) is 72.8 Å². The number of β-lactam (4-membered cyclic amide) rings is 1. The summed E-state index contributed by atoms with van der Waals surface area (Å²) in [5, 5.41) is 10.8. The van der Waals surface area contributed by atoms with Gasteiger partial charge in [-0.25, -0.2) is 0 Å². The zero-order valence-corrected chi connectivity index (χ0v) is 18.1. The number of hydrogen-bond donors (Lipinski definition) is 0. The normalized spacial score (nSPS) is 17.3. The zero-order valence-electron chi connectivity index (χ0n) is 18.1. The van der Waals surface area contributed by atoms with Crippen LogP contribution in [0.5, 0.6) is 5.75 Å². The van der Waals surface area contributed by atoms with Gasteiger partial charge in [0.2, 0.25) is 6.10 Å². The number of nitrogens with zero attached hydrogens (tertiary/aromatic N) is 2. The predicted octanol–water partition coefficient (Wildman–Crippen LogP) is 4.15. The van der Waals surface area contributed by atoms with Crippen LogP contribution in [0.4, 0.5) is 11.4 Å². The summed E-state index contributed by atoms with van der Waals surface area (Å²) in [5.41, 5.74) is 3.10. The van der Waals surface area contributed by atoms with E-state index in [-0.39, 0.29) is 18.0 Å². The highest BCUT2D eigenvalue weighted by atomic mass is 16.6. The summed E-state index contributed by atoms with van der Waals surface area (Å²) in [6.07, 6.45) is -1.06. The van der Waals surface area contributed by atoms with Gasteiger partial charge in [0.1, 0.15) is 11.8 Å². The van der Waals surface area contributed by atoms with Crippen molar-refractivity contribution in [1.29, 1.82) is 0 Å². The number of nitro groups is 1. The number of esters is 1. The lowest BCUT2D eigenvalue weighted by Crippen LogP contribution is -2.60. The Labute approximate surface area is 190 Å². The lowest BCUT2D eigenvalue weighted by molar-refractivity contribution is -0.384. The van der Waals surface area contributed by atoms with Gasteiger partial charge in [-0.05, 0) is 42.3 Å². The maximum atomic E-state index is 13.0. The number of rotatable bonds is 7. The molecule has 1 aliphatic heterocycles. The van der Waals surface area contributed by atoms with Crippen LogP contribution in [-0.2, 0) is 20.7 Å². The molecule has 0 bridgehead atoms. The van der Waals surface area contributed by atoms with E-state index < -0.39 is 23.0 Å². The molecule has 1 amide bonds. The molecule has 3 aromatic carbocycles. The Morgan fingerprint density at radius 3 is 2.21 bits per heavy atom. The molecule has 0 N–H and O–H groups in total. The van der Waals surface area contributed by atoms with Gasteiger partial charge in [0.15, 0.2) is 0 Å². The topological polar surface area (TPSA) is 99.0 Å². The van der Waals surface area contributed by atoms with E-state index in [1.165, 1.54) is 24.3 Å². The minimum atomic E-state index is -0.967. The number of anilines is 1. The lowest BCUT2D eigenvalue weighted by Gasteiger charge is -2.46. The fourth-order valence-electron chi connectivity index (χ4n) is 3.78. The summed E-state index contributed by atoms with van der Waals surface area (Å²) in [6.45, 7) is 1.96. The van der Waals surface area contributed by atoms with E-state index >= 15 is 0 Å². The molecule has 0 radical (unpaired) electrons. The molecule has 4 rings (SSSR count). The predicted molar refractivity (Wildman–Crippen MR) is 121 cm³/mol. The Bertz CT molecular complexity index is 1170. The number of carbonyl (C=O) groups excluding carboxylic acids is 2. The van der Waals surface area contributed by atoms with Crippen molar-refractivity contribution in [3.8, 4) is 5.75 Å². The largest absolute Gasteiger partial charge is 0.497 e. The summed E-state index contributed by atoms with van der Waals surface area (Å²) in [4.78, 5) is 37.5. The standard InChI is InChI=1S/C25H22N2O6/c1-16-3-9-19(10-4-16)26-23(18-7-13-21(32-2)14-8-18)24(25(26)29)33-22(28)15-17-5-11-20(12-6-17)27(30)31/h3-14,23-24H,15H2,1-2H3. The molecule has 8 heteroatoms. The quantitative estimate of drug-likeness (QED) is 0.234. The first-order valence-corrected chi connectivity index (χ1v) is 10.3. The fraction of sp³-hybridized carbons (Fsp3) is 0.200. The van der Waals surface area contributed by atoms with E-state index in [1.807, 2.05) is 43.3 Å². The van der Waals surface area contributed by atoms with Crippen molar-refractivity contribution < 1.29 is 24.0 Å². The second-order valence-electron chi connectivity index (χ2n) is 7.77. The Balaban J connectivity index is 1.54. The minimum Gasteiger partial charge on any atom is -0.497 e. The Morgan fingerprint density at radius 1 is 1.00 bits per heavy atom. The SMILES string of the molecule is COc1ccc(C2C(OC(=O)Cc3ccc([N+](=O)[O-])cc3)C(=O)N2c2ccc(C)cc2)cc1. The van der Waals surface area contributed by atoms with Crippen LogP contribution < -0.4 is 9.64 Å². The molecule has 0 aliphatic carbocycles. The van der Waals surface area contributed by atoms with E-state index in [9.17, 15) is 19.7 Å². The number of aryl methyl sites for hydroxylation is 1. The zero-order chi connectivity index (χ0) is 23.5. The number of benzene rings is 3. The van der Waals surface area contributed by atoms with Gasteiger partial charge in [-0.15, -0.1) is 0 Å². The molecular formula is C25H22N2O6. The molecular weight excluding hydrogens is 424 g/mol. The van der Waals surface area contributed by atoms with Crippen molar-refractivity contribution >= 4 is 23.3 Å². The van der Waals surface area contributed by atoms with Crippen LogP contribution in [-0.4, -0.2) is 30.0 Å². The summed E-state index contributed by atoms with van der Waals surface area (Å²) in [6, 6.07) is 20.0. The van der Waals surface area contributed by atoms with Gasteiger partial charge in [-0.3, -0.25) is 24.6 Å². The number of ether oxygens (including phenoxy) is 2. The monoisotopic (exact) mass is 446 g/mol. The average Bonchev–Trinajstić information content (AvgIpc) is 2.82. The van der Waals surface area contributed by atoms with E-state index in [0.29, 0.717) is 17.0 Å². The fourth-order valence-corrected chi connectivity index (χ4v) is 3.78. The molecule has 2 unspecified atom stereocenters. The molecule has 0 saturated carbocycles. The van der Waals surface area contributed by atoms with Crippen LogP contribution in [0, 0.1) is 17.0 Å². The molecule has 1 fully saturated rings. The lowest BCUT2D eigenvalue weighted by atomic mass is 9.89. The van der Waals surface area contributed by atoms with Crippen LogP contribution in [0.2, 0.25) is 0 Å². The molecule has 0 spiro atoms. The third-order valence-electron chi connectivity index (χ3n) is 5.57. The Hall–Kier alpha value is -4.20.